The second-order valence-corrected chi connectivity index (χ2v) is 2.83. The van der Waals surface area contributed by atoms with Gasteiger partial charge in [0.2, 0.25) is 6.29 Å². The quantitative estimate of drug-likeness (QED) is 0.485. The Bertz CT molecular complexity index is 206. The molecule has 0 spiro atoms. The van der Waals surface area contributed by atoms with Crippen LogP contribution in [0.15, 0.2) is 0 Å². The summed E-state index contributed by atoms with van der Waals surface area (Å²) in [6.45, 7) is 3.04. The number of rotatable bonds is 5. The molecule has 0 aliphatic carbocycles. The van der Waals surface area contributed by atoms with Crippen LogP contribution in [0, 0.1) is 5.92 Å². The average molecular weight is 205 g/mol. The Morgan fingerprint density at radius 1 is 1.50 bits per heavy atom. The van der Waals surface area contributed by atoms with Gasteiger partial charge in [-0.1, -0.05) is 13.8 Å². The van der Waals surface area contributed by atoms with Crippen molar-refractivity contribution >= 4 is 12.1 Å². The Labute approximate surface area is 82.0 Å². The summed E-state index contributed by atoms with van der Waals surface area (Å²) in [5, 5.41) is 9.04. The molecular weight excluding hydrogens is 190 g/mol. The van der Waals surface area contributed by atoms with Crippen LogP contribution < -0.4 is 5.73 Å². The number of nitrogens with two attached hydrogens (primary N) is 1. The number of aliphatic hydroxyl groups is 1. The summed E-state index contributed by atoms with van der Waals surface area (Å²) in [5.41, 5.74) is 4.64. The third-order valence-corrected chi connectivity index (χ3v) is 1.64. The molecule has 6 heteroatoms. The van der Waals surface area contributed by atoms with Crippen LogP contribution >= 0.6 is 0 Å². The van der Waals surface area contributed by atoms with E-state index in [4.69, 9.17) is 5.11 Å². The molecular formula is C8H15NO5. The number of amides is 1. The first-order valence-electron chi connectivity index (χ1n) is 4.28. The Balaban J connectivity index is 3.76. The fourth-order valence-electron chi connectivity index (χ4n) is 0.604. The van der Waals surface area contributed by atoms with Gasteiger partial charge in [0.05, 0.1) is 5.92 Å². The second kappa shape index (κ2) is 6.20. The summed E-state index contributed by atoms with van der Waals surface area (Å²) in [4.78, 5) is 21.2. The Hall–Kier alpha value is -1.30. The summed E-state index contributed by atoms with van der Waals surface area (Å²) in [6.07, 6.45) is -1.87. The van der Waals surface area contributed by atoms with Crippen molar-refractivity contribution in [1.29, 1.82) is 0 Å². The maximum atomic E-state index is 11.1. The van der Waals surface area contributed by atoms with Gasteiger partial charge in [-0.2, -0.15) is 0 Å². The molecule has 1 amide bonds. The van der Waals surface area contributed by atoms with Gasteiger partial charge in [-0.3, -0.25) is 4.79 Å². The highest BCUT2D eigenvalue weighted by Gasteiger charge is 2.17. The van der Waals surface area contributed by atoms with E-state index in [9.17, 15) is 9.59 Å². The Morgan fingerprint density at radius 3 is 2.50 bits per heavy atom. The molecule has 0 bridgehead atoms. The van der Waals surface area contributed by atoms with Crippen LogP contribution in [0.4, 0.5) is 4.79 Å². The molecule has 6 nitrogen and oxygen atoms in total. The van der Waals surface area contributed by atoms with Crippen LogP contribution in [-0.2, 0) is 14.3 Å². The minimum atomic E-state index is -1.45. The molecule has 0 aliphatic heterocycles. The molecule has 0 aromatic rings. The lowest BCUT2D eigenvalue weighted by Crippen LogP contribution is -2.28. The van der Waals surface area contributed by atoms with Gasteiger partial charge in [0.1, 0.15) is 0 Å². The summed E-state index contributed by atoms with van der Waals surface area (Å²) in [7, 11) is 0. The van der Waals surface area contributed by atoms with E-state index in [1.165, 1.54) is 0 Å². The average Bonchev–Trinajstić information content (AvgIpc) is 2.13. The number of aliphatic hydroxyl groups excluding tert-OH is 1. The molecule has 82 valence electrons. The van der Waals surface area contributed by atoms with E-state index < -0.39 is 25.0 Å². The van der Waals surface area contributed by atoms with Crippen LogP contribution in [0.25, 0.3) is 0 Å². The van der Waals surface area contributed by atoms with Crippen molar-refractivity contribution in [3.63, 3.8) is 0 Å². The molecule has 0 heterocycles. The molecule has 14 heavy (non-hydrogen) atoms. The van der Waals surface area contributed by atoms with Crippen molar-refractivity contribution in [2.24, 2.45) is 11.7 Å². The fourth-order valence-corrected chi connectivity index (χ4v) is 0.604. The smallest absolute Gasteiger partial charge is 0.404 e. The number of carbonyl (C=O) groups excluding carboxylic acids is 2. The van der Waals surface area contributed by atoms with E-state index in [-0.39, 0.29) is 5.92 Å². The second-order valence-electron chi connectivity index (χ2n) is 2.83. The monoisotopic (exact) mass is 205 g/mol. The third kappa shape index (κ3) is 5.36. The number of primary amides is 1. The van der Waals surface area contributed by atoms with Crippen LogP contribution in [-0.4, -0.2) is 30.1 Å². The van der Waals surface area contributed by atoms with Gasteiger partial charge in [0.25, 0.3) is 0 Å². The highest BCUT2D eigenvalue weighted by atomic mass is 16.7. The van der Waals surface area contributed by atoms with Gasteiger partial charge < -0.3 is 20.3 Å². The molecule has 0 aromatic carbocycles. The minimum absolute atomic E-state index is 0.293. The zero-order valence-corrected chi connectivity index (χ0v) is 8.23. The topological polar surface area (TPSA) is 98.8 Å². The van der Waals surface area contributed by atoms with E-state index in [0.29, 0.717) is 6.42 Å². The molecule has 2 atom stereocenters. The highest BCUT2D eigenvalue weighted by Crippen LogP contribution is 2.04. The number of hydrogen-bond donors (Lipinski definition) is 2. The molecule has 2 unspecified atom stereocenters. The summed E-state index contributed by atoms with van der Waals surface area (Å²) in [5.74, 6) is -0.828. The van der Waals surface area contributed by atoms with Crippen LogP contribution in [0.5, 0.6) is 0 Å². The lowest BCUT2D eigenvalue weighted by Gasteiger charge is -2.14. The number of esters is 1. The first kappa shape index (κ1) is 12.7. The SMILES string of the molecule is CCC(C)C(=O)OC(O)COC(N)=O. The van der Waals surface area contributed by atoms with Crippen LogP contribution in [0.3, 0.4) is 0 Å². The van der Waals surface area contributed by atoms with E-state index >= 15 is 0 Å². The molecule has 3 N–H and O–H groups in total. The van der Waals surface area contributed by atoms with Crippen molar-refractivity contribution in [3.8, 4) is 0 Å². The van der Waals surface area contributed by atoms with Crippen molar-refractivity contribution in [1.82, 2.24) is 0 Å². The third-order valence-electron chi connectivity index (χ3n) is 1.64. The van der Waals surface area contributed by atoms with Crippen molar-refractivity contribution < 1.29 is 24.2 Å². The zero-order chi connectivity index (χ0) is 11.1. The van der Waals surface area contributed by atoms with Gasteiger partial charge >= 0.3 is 12.1 Å². The molecule has 0 aromatic heterocycles. The molecule has 0 saturated carbocycles. The standard InChI is InChI=1S/C8H15NO5/c1-3-5(2)7(11)14-6(10)4-13-8(9)12/h5-6,10H,3-4H2,1-2H3,(H2,9,12). The summed E-state index contributed by atoms with van der Waals surface area (Å²) >= 11 is 0. The minimum Gasteiger partial charge on any atom is -0.443 e. The van der Waals surface area contributed by atoms with Crippen molar-refractivity contribution in [3.05, 3.63) is 0 Å². The van der Waals surface area contributed by atoms with Crippen molar-refractivity contribution in [2.45, 2.75) is 26.6 Å². The lowest BCUT2D eigenvalue weighted by molar-refractivity contribution is -0.177. The van der Waals surface area contributed by atoms with E-state index in [0.717, 1.165) is 0 Å². The van der Waals surface area contributed by atoms with E-state index in [2.05, 4.69) is 15.2 Å². The molecule has 0 radical (unpaired) electrons. The van der Waals surface area contributed by atoms with Crippen LogP contribution in [0.2, 0.25) is 0 Å². The lowest BCUT2D eigenvalue weighted by atomic mass is 10.1. The summed E-state index contributed by atoms with van der Waals surface area (Å²) < 4.78 is 8.77. The van der Waals surface area contributed by atoms with E-state index in [1.54, 1.807) is 6.92 Å². The van der Waals surface area contributed by atoms with Gasteiger partial charge in [0, 0.05) is 0 Å². The van der Waals surface area contributed by atoms with E-state index in [1.807, 2.05) is 6.92 Å². The number of ether oxygens (including phenoxy) is 2. The molecule has 0 saturated heterocycles. The predicted octanol–water partition coefficient (Wildman–Crippen LogP) is -0.0106. The first-order chi connectivity index (χ1) is 6.47. The fraction of sp³-hybridized carbons (Fsp3) is 0.750. The highest BCUT2D eigenvalue weighted by molar-refractivity contribution is 5.72. The molecule has 0 aliphatic rings. The summed E-state index contributed by atoms with van der Waals surface area (Å²) in [6, 6.07) is 0. The molecule has 0 fully saturated rings. The maximum Gasteiger partial charge on any atom is 0.404 e. The maximum absolute atomic E-state index is 11.1. The predicted molar refractivity (Wildman–Crippen MR) is 47.1 cm³/mol. The number of hydrogen-bond acceptors (Lipinski definition) is 5. The number of carbonyl (C=O) groups is 2. The largest absolute Gasteiger partial charge is 0.443 e. The van der Waals surface area contributed by atoms with Gasteiger partial charge in [-0.25, -0.2) is 4.79 Å². The first-order valence-corrected chi connectivity index (χ1v) is 4.28. The van der Waals surface area contributed by atoms with Gasteiger partial charge in [-0.05, 0) is 6.42 Å². The van der Waals surface area contributed by atoms with Gasteiger partial charge in [-0.15, -0.1) is 0 Å². The van der Waals surface area contributed by atoms with Crippen LogP contribution in [0.1, 0.15) is 20.3 Å². The Morgan fingerprint density at radius 2 is 2.07 bits per heavy atom. The normalized spacial score (nSPS) is 14.2. The van der Waals surface area contributed by atoms with Gasteiger partial charge in [0.15, 0.2) is 6.61 Å². The Kier molecular flexibility index (Phi) is 5.62. The van der Waals surface area contributed by atoms with Crippen molar-refractivity contribution in [2.75, 3.05) is 6.61 Å². The zero-order valence-electron chi connectivity index (χ0n) is 8.23. The molecule has 0 rings (SSSR count).